The first-order valence-electron chi connectivity index (χ1n) is 4.49. The molecule has 1 heterocycles. The van der Waals surface area contributed by atoms with Crippen molar-refractivity contribution in [2.45, 2.75) is 13.0 Å². The molecular weight excluding hydrogens is 182 g/mol. The Kier molecular flexibility index (Phi) is 3.90. The van der Waals surface area contributed by atoms with Gasteiger partial charge in [0.2, 0.25) is 0 Å². The van der Waals surface area contributed by atoms with Gasteiger partial charge in [-0.25, -0.2) is 4.79 Å². The van der Waals surface area contributed by atoms with Crippen LogP contribution in [-0.2, 0) is 6.54 Å². The number of nitrogens with zero attached hydrogens (tertiary/aromatic N) is 4. The van der Waals surface area contributed by atoms with Crippen LogP contribution >= 0.6 is 0 Å². The highest BCUT2D eigenvalue weighted by Gasteiger charge is 2.00. The van der Waals surface area contributed by atoms with Crippen molar-refractivity contribution in [2.75, 3.05) is 20.6 Å². The molecule has 0 saturated heterocycles. The predicted molar refractivity (Wildman–Crippen MR) is 51.7 cm³/mol. The van der Waals surface area contributed by atoms with E-state index in [4.69, 9.17) is 0 Å². The molecular formula is C8H15N5O. The molecule has 0 saturated carbocycles. The molecule has 14 heavy (non-hydrogen) atoms. The van der Waals surface area contributed by atoms with Crippen LogP contribution in [0, 0.1) is 0 Å². The van der Waals surface area contributed by atoms with Crippen molar-refractivity contribution in [3.8, 4) is 0 Å². The zero-order chi connectivity index (χ0) is 10.4. The van der Waals surface area contributed by atoms with E-state index in [1.807, 2.05) is 0 Å². The SMILES string of the molecule is CN(C)C(=O)NCCCn1ccnn1. The summed E-state index contributed by atoms with van der Waals surface area (Å²) in [6.45, 7) is 1.42. The number of aromatic nitrogens is 3. The third-order valence-corrected chi connectivity index (χ3v) is 1.72. The second kappa shape index (κ2) is 5.21. The van der Waals surface area contributed by atoms with Gasteiger partial charge in [0.25, 0.3) is 0 Å². The van der Waals surface area contributed by atoms with Gasteiger partial charge >= 0.3 is 6.03 Å². The molecule has 0 unspecified atom stereocenters. The van der Waals surface area contributed by atoms with E-state index in [-0.39, 0.29) is 6.03 Å². The van der Waals surface area contributed by atoms with Gasteiger partial charge in [-0.3, -0.25) is 4.68 Å². The number of carbonyl (C=O) groups excluding carboxylic acids is 1. The summed E-state index contributed by atoms with van der Waals surface area (Å²) in [7, 11) is 3.43. The quantitative estimate of drug-likeness (QED) is 0.688. The molecule has 0 spiro atoms. The molecule has 0 atom stereocenters. The molecule has 2 amide bonds. The minimum atomic E-state index is -0.0661. The van der Waals surface area contributed by atoms with Crippen LogP contribution in [0.15, 0.2) is 12.4 Å². The van der Waals surface area contributed by atoms with Crippen LogP contribution in [0.3, 0.4) is 0 Å². The van der Waals surface area contributed by atoms with Gasteiger partial charge in [0.1, 0.15) is 0 Å². The standard InChI is InChI=1S/C8H15N5O/c1-12(2)8(14)9-4-3-6-13-7-5-10-11-13/h5,7H,3-4,6H2,1-2H3,(H,9,14). The van der Waals surface area contributed by atoms with E-state index < -0.39 is 0 Å². The smallest absolute Gasteiger partial charge is 0.316 e. The van der Waals surface area contributed by atoms with Crippen molar-refractivity contribution in [2.24, 2.45) is 0 Å². The van der Waals surface area contributed by atoms with E-state index in [2.05, 4.69) is 15.6 Å². The van der Waals surface area contributed by atoms with Gasteiger partial charge in [-0.15, -0.1) is 5.10 Å². The zero-order valence-electron chi connectivity index (χ0n) is 8.47. The monoisotopic (exact) mass is 197 g/mol. The molecule has 0 aromatic carbocycles. The number of carbonyl (C=O) groups is 1. The van der Waals surface area contributed by atoms with Crippen molar-refractivity contribution in [3.63, 3.8) is 0 Å². The number of amides is 2. The molecule has 6 heteroatoms. The largest absolute Gasteiger partial charge is 0.338 e. The fourth-order valence-electron chi connectivity index (χ4n) is 0.946. The number of urea groups is 1. The van der Waals surface area contributed by atoms with Gasteiger partial charge in [-0.05, 0) is 6.42 Å². The summed E-state index contributed by atoms with van der Waals surface area (Å²) in [5.41, 5.74) is 0. The maximum Gasteiger partial charge on any atom is 0.316 e. The van der Waals surface area contributed by atoms with E-state index in [0.717, 1.165) is 13.0 Å². The maximum atomic E-state index is 11.1. The van der Waals surface area contributed by atoms with Crippen molar-refractivity contribution in [1.82, 2.24) is 25.2 Å². The third-order valence-electron chi connectivity index (χ3n) is 1.72. The Labute approximate surface area is 82.9 Å². The van der Waals surface area contributed by atoms with Gasteiger partial charge in [0, 0.05) is 33.4 Å². The van der Waals surface area contributed by atoms with Crippen LogP contribution < -0.4 is 5.32 Å². The second-order valence-electron chi connectivity index (χ2n) is 3.15. The topological polar surface area (TPSA) is 63.1 Å². The average molecular weight is 197 g/mol. The number of nitrogens with one attached hydrogen (secondary N) is 1. The van der Waals surface area contributed by atoms with E-state index in [1.54, 1.807) is 31.2 Å². The lowest BCUT2D eigenvalue weighted by Gasteiger charge is -2.11. The molecule has 78 valence electrons. The van der Waals surface area contributed by atoms with Gasteiger partial charge in [0.15, 0.2) is 0 Å². The molecule has 0 fully saturated rings. The van der Waals surface area contributed by atoms with Gasteiger partial charge in [-0.2, -0.15) is 0 Å². The first-order valence-corrected chi connectivity index (χ1v) is 4.49. The first-order chi connectivity index (χ1) is 6.70. The molecule has 0 bridgehead atoms. The summed E-state index contributed by atoms with van der Waals surface area (Å²) >= 11 is 0. The molecule has 1 aromatic heterocycles. The molecule has 1 N–H and O–H groups in total. The summed E-state index contributed by atoms with van der Waals surface area (Å²) in [4.78, 5) is 12.6. The van der Waals surface area contributed by atoms with Crippen LogP contribution in [0.4, 0.5) is 4.79 Å². The lowest BCUT2D eigenvalue weighted by atomic mass is 10.4. The molecule has 0 aliphatic carbocycles. The maximum absolute atomic E-state index is 11.1. The normalized spacial score (nSPS) is 9.86. The van der Waals surface area contributed by atoms with Gasteiger partial charge < -0.3 is 10.2 Å². The average Bonchev–Trinajstić information content (AvgIpc) is 2.64. The van der Waals surface area contributed by atoms with Crippen molar-refractivity contribution < 1.29 is 4.79 Å². The highest BCUT2D eigenvalue weighted by Crippen LogP contribution is 1.86. The van der Waals surface area contributed by atoms with Crippen LogP contribution in [0.5, 0.6) is 0 Å². The Hall–Kier alpha value is -1.59. The van der Waals surface area contributed by atoms with Crippen molar-refractivity contribution in [3.05, 3.63) is 12.4 Å². The molecule has 1 rings (SSSR count). The Morgan fingerprint density at radius 1 is 1.57 bits per heavy atom. The van der Waals surface area contributed by atoms with E-state index in [0.29, 0.717) is 6.54 Å². The van der Waals surface area contributed by atoms with Crippen LogP contribution in [-0.4, -0.2) is 46.6 Å². The first kappa shape index (κ1) is 10.5. The molecule has 0 aliphatic rings. The van der Waals surface area contributed by atoms with Crippen molar-refractivity contribution in [1.29, 1.82) is 0 Å². The Bertz CT molecular complexity index is 269. The summed E-state index contributed by atoms with van der Waals surface area (Å²) in [5.74, 6) is 0. The van der Waals surface area contributed by atoms with Crippen LogP contribution in [0.2, 0.25) is 0 Å². The Morgan fingerprint density at radius 2 is 2.36 bits per heavy atom. The molecule has 6 nitrogen and oxygen atoms in total. The minimum absolute atomic E-state index is 0.0661. The lowest BCUT2D eigenvalue weighted by molar-refractivity contribution is 0.217. The highest BCUT2D eigenvalue weighted by atomic mass is 16.2. The fourth-order valence-corrected chi connectivity index (χ4v) is 0.946. The molecule has 1 aromatic rings. The number of hydrogen-bond acceptors (Lipinski definition) is 3. The Morgan fingerprint density at radius 3 is 2.93 bits per heavy atom. The van der Waals surface area contributed by atoms with Gasteiger partial charge in [-0.1, -0.05) is 5.21 Å². The Balaban J connectivity index is 2.08. The number of rotatable bonds is 4. The predicted octanol–water partition coefficient (Wildman–Crippen LogP) is -0.0606. The summed E-state index contributed by atoms with van der Waals surface area (Å²) in [6.07, 6.45) is 4.29. The lowest BCUT2D eigenvalue weighted by Crippen LogP contribution is -2.35. The number of hydrogen-bond donors (Lipinski definition) is 1. The van der Waals surface area contributed by atoms with Crippen LogP contribution in [0.25, 0.3) is 0 Å². The van der Waals surface area contributed by atoms with E-state index in [1.165, 1.54) is 4.90 Å². The summed E-state index contributed by atoms with van der Waals surface area (Å²) in [6, 6.07) is -0.0661. The minimum Gasteiger partial charge on any atom is -0.338 e. The fraction of sp³-hybridized carbons (Fsp3) is 0.625. The summed E-state index contributed by atoms with van der Waals surface area (Å²) < 4.78 is 1.74. The number of aryl methyl sites for hydroxylation is 1. The summed E-state index contributed by atoms with van der Waals surface area (Å²) in [5, 5.41) is 10.3. The molecule has 0 aliphatic heterocycles. The van der Waals surface area contributed by atoms with Crippen molar-refractivity contribution >= 4 is 6.03 Å². The highest BCUT2D eigenvalue weighted by molar-refractivity contribution is 5.73. The van der Waals surface area contributed by atoms with E-state index >= 15 is 0 Å². The van der Waals surface area contributed by atoms with E-state index in [9.17, 15) is 4.79 Å². The van der Waals surface area contributed by atoms with Crippen LogP contribution in [0.1, 0.15) is 6.42 Å². The zero-order valence-corrected chi connectivity index (χ0v) is 8.47. The van der Waals surface area contributed by atoms with Gasteiger partial charge in [0.05, 0.1) is 6.20 Å². The molecule has 0 radical (unpaired) electrons. The third kappa shape index (κ3) is 3.42. The second-order valence-corrected chi connectivity index (χ2v) is 3.15.